The molecule has 3 aromatic rings. The molecule has 1 fully saturated rings. The maximum Gasteiger partial charge on any atom is 0.200 e. The van der Waals surface area contributed by atoms with Crippen LogP contribution < -0.4 is 0 Å². The Morgan fingerprint density at radius 1 is 0.583 bits per heavy atom. The maximum atomic E-state index is 13.4. The van der Waals surface area contributed by atoms with Gasteiger partial charge in [0.25, 0.3) is 0 Å². The first-order valence-electron chi connectivity index (χ1n) is 13.7. The number of Topliss-reactive ketones (excluding diaryl/α,β-unsaturated/α-hetero) is 3. The number of carbonyl (C=O) groups excluding carboxylic acids is 3. The molecule has 0 unspecified atom stereocenters. The Kier molecular flexibility index (Phi) is 9.63. The smallest absolute Gasteiger partial charge is 0.200 e. The zero-order chi connectivity index (χ0) is 35.9. The Bertz CT molecular complexity index is 1700. The number of aromatic hydroxyl groups is 9. The third-order valence-electron chi connectivity index (χ3n) is 7.88. The molecule has 0 spiro atoms. The number of phenolic OH excluding ortho intramolecular Hbond substituents is 9. The van der Waals surface area contributed by atoms with Crippen molar-refractivity contribution in [2.24, 2.45) is 0 Å². The van der Waals surface area contributed by atoms with Gasteiger partial charge in [-0.25, -0.2) is 0 Å². The summed E-state index contributed by atoms with van der Waals surface area (Å²) in [5.74, 6) is -11.9. The molecule has 48 heavy (non-hydrogen) atoms. The highest BCUT2D eigenvalue weighted by atomic mass is 16.6. The van der Waals surface area contributed by atoms with E-state index in [2.05, 4.69) is 0 Å². The van der Waals surface area contributed by atoms with Gasteiger partial charge in [-0.3, -0.25) is 14.4 Å². The number of ether oxygens (including phenoxy) is 2. The fraction of sp³-hybridized carbons (Fsp3) is 0.300. The molecule has 18 nitrogen and oxygen atoms in total. The van der Waals surface area contributed by atoms with Gasteiger partial charge in [0.15, 0.2) is 75.4 Å². The number of benzene rings is 3. The molecule has 13 N–H and O–H groups in total. The molecule has 258 valence electrons. The van der Waals surface area contributed by atoms with Gasteiger partial charge in [0.2, 0.25) is 0 Å². The number of hydrogen-bond donors (Lipinski definition) is 13. The summed E-state index contributed by atoms with van der Waals surface area (Å²) in [4.78, 5) is 39.3. The van der Waals surface area contributed by atoms with Crippen LogP contribution in [0.1, 0.15) is 43.9 Å². The van der Waals surface area contributed by atoms with Gasteiger partial charge in [-0.2, -0.15) is 0 Å². The van der Waals surface area contributed by atoms with Gasteiger partial charge < -0.3 is 75.9 Å². The number of aliphatic hydroxyl groups excluding tert-OH is 2. The molecule has 3 aromatic carbocycles. The quantitative estimate of drug-likeness (QED) is 0.0882. The normalized spacial score (nSPS) is 23.9. The summed E-state index contributed by atoms with van der Waals surface area (Å²) in [5.41, 5.74) is -7.91. The number of hydrogen-bond acceptors (Lipinski definition) is 18. The lowest BCUT2D eigenvalue weighted by molar-refractivity contribution is -0.356. The van der Waals surface area contributed by atoms with Gasteiger partial charge in [-0.05, 0) is 36.4 Å². The Morgan fingerprint density at radius 2 is 0.917 bits per heavy atom. The number of aliphatic hydroxyl groups is 4. The van der Waals surface area contributed by atoms with Gasteiger partial charge in [0.05, 0.1) is 6.61 Å². The fourth-order valence-corrected chi connectivity index (χ4v) is 5.16. The maximum absolute atomic E-state index is 13.4. The van der Waals surface area contributed by atoms with E-state index in [0.29, 0.717) is 24.3 Å². The average molecular weight is 679 g/mol. The number of phenols is 9. The Hall–Kier alpha value is -5.37. The summed E-state index contributed by atoms with van der Waals surface area (Å²) in [7, 11) is 0. The number of carbonyl (C=O) groups is 3. The average Bonchev–Trinajstić information content (AvgIpc) is 3.02. The van der Waals surface area contributed by atoms with E-state index in [4.69, 9.17) is 9.47 Å². The zero-order valence-electron chi connectivity index (χ0n) is 24.4. The van der Waals surface area contributed by atoms with E-state index in [1.807, 2.05) is 0 Å². The Balaban J connectivity index is 1.71. The fourth-order valence-electron chi connectivity index (χ4n) is 5.16. The summed E-state index contributed by atoms with van der Waals surface area (Å²) >= 11 is 0. The van der Waals surface area contributed by atoms with Crippen LogP contribution in [0.5, 0.6) is 51.7 Å². The molecule has 1 heterocycles. The van der Waals surface area contributed by atoms with E-state index in [1.165, 1.54) is 0 Å². The molecule has 0 aliphatic carbocycles. The van der Waals surface area contributed by atoms with Crippen molar-refractivity contribution >= 4 is 17.3 Å². The first kappa shape index (κ1) is 35.5. The minimum Gasteiger partial charge on any atom is -0.504 e. The van der Waals surface area contributed by atoms with E-state index >= 15 is 0 Å². The van der Waals surface area contributed by atoms with Crippen LogP contribution in [0.25, 0.3) is 0 Å². The molecule has 0 bridgehead atoms. The van der Waals surface area contributed by atoms with Crippen molar-refractivity contribution in [1.29, 1.82) is 0 Å². The molecule has 0 radical (unpaired) electrons. The number of rotatable bonds is 11. The van der Waals surface area contributed by atoms with E-state index < -0.39 is 136 Å². The largest absolute Gasteiger partial charge is 0.504 e. The van der Waals surface area contributed by atoms with Crippen LogP contribution in [-0.4, -0.2) is 127 Å². The Labute approximate surface area is 268 Å². The van der Waals surface area contributed by atoms with Crippen LogP contribution in [0, 0.1) is 0 Å². The van der Waals surface area contributed by atoms with Crippen LogP contribution in [0.3, 0.4) is 0 Å². The van der Waals surface area contributed by atoms with Crippen molar-refractivity contribution in [1.82, 2.24) is 0 Å². The monoisotopic (exact) mass is 678 g/mol. The second kappa shape index (κ2) is 13.0. The molecule has 1 aliphatic rings. The summed E-state index contributed by atoms with van der Waals surface area (Å²) in [6.45, 7) is -1.88. The minimum atomic E-state index is -3.26. The van der Waals surface area contributed by atoms with Crippen molar-refractivity contribution in [2.75, 3.05) is 13.2 Å². The van der Waals surface area contributed by atoms with Crippen molar-refractivity contribution in [3.05, 3.63) is 53.1 Å². The van der Waals surface area contributed by atoms with Gasteiger partial charge >= 0.3 is 0 Å². The lowest BCUT2D eigenvalue weighted by Gasteiger charge is -2.54. The predicted octanol–water partition coefficient (Wildman–Crippen LogP) is -0.677. The standard InChI is InChI=1S/C30H30O18/c31-14-1-11(2-15(32)24(14)40)20(37)7-29(45)23(10-47-9-22(39)13-5-18(35)26(42)19(36)6-13)48-28(44)27(43)30(29,46)8-21(38)12-3-16(33)25(41)17(34)4-12/h1-6,23,27-28,31-36,40-46H,7-10H2/t23-,27+,28-,29-,30-/m1/s1. The van der Waals surface area contributed by atoms with Gasteiger partial charge in [0, 0.05) is 29.5 Å². The molecule has 18 heteroatoms. The minimum absolute atomic E-state index is 0.359. The second-order valence-corrected chi connectivity index (χ2v) is 11.0. The van der Waals surface area contributed by atoms with Crippen molar-refractivity contribution < 1.29 is 90.2 Å². The third kappa shape index (κ3) is 6.43. The lowest BCUT2D eigenvalue weighted by atomic mass is 9.67. The second-order valence-electron chi connectivity index (χ2n) is 11.0. The zero-order valence-corrected chi connectivity index (χ0v) is 24.4. The first-order chi connectivity index (χ1) is 22.3. The molecule has 1 saturated heterocycles. The van der Waals surface area contributed by atoms with Crippen molar-refractivity contribution in [3.63, 3.8) is 0 Å². The highest BCUT2D eigenvalue weighted by molar-refractivity contribution is 6.00. The predicted molar refractivity (Wildman–Crippen MR) is 154 cm³/mol. The summed E-state index contributed by atoms with van der Waals surface area (Å²) in [6, 6.07) is 4.26. The van der Waals surface area contributed by atoms with Crippen LogP contribution in [-0.2, 0) is 9.47 Å². The molecule has 1 aliphatic heterocycles. The lowest BCUT2D eigenvalue weighted by Crippen LogP contribution is -2.75. The van der Waals surface area contributed by atoms with Crippen LogP contribution >= 0.6 is 0 Å². The molecule has 5 atom stereocenters. The van der Waals surface area contributed by atoms with Crippen molar-refractivity contribution in [2.45, 2.75) is 42.5 Å². The van der Waals surface area contributed by atoms with E-state index in [1.54, 1.807) is 0 Å². The van der Waals surface area contributed by atoms with Gasteiger partial charge in [-0.1, -0.05) is 0 Å². The van der Waals surface area contributed by atoms with E-state index in [9.17, 15) is 80.8 Å². The summed E-state index contributed by atoms with van der Waals surface area (Å²) in [5, 5.41) is 133. The summed E-state index contributed by atoms with van der Waals surface area (Å²) < 4.78 is 10.5. The highest BCUT2D eigenvalue weighted by Gasteiger charge is 2.65. The first-order valence-corrected chi connectivity index (χ1v) is 13.7. The Morgan fingerprint density at radius 3 is 1.29 bits per heavy atom. The molecule has 0 aromatic heterocycles. The van der Waals surface area contributed by atoms with E-state index in [-0.39, 0.29) is 5.56 Å². The van der Waals surface area contributed by atoms with Crippen LogP contribution in [0.15, 0.2) is 36.4 Å². The third-order valence-corrected chi connectivity index (χ3v) is 7.88. The molecule has 0 saturated carbocycles. The van der Waals surface area contributed by atoms with Crippen LogP contribution in [0.4, 0.5) is 0 Å². The van der Waals surface area contributed by atoms with E-state index in [0.717, 1.165) is 12.1 Å². The number of ketones is 3. The topological polar surface area (TPSA) is 333 Å². The summed E-state index contributed by atoms with van der Waals surface area (Å²) in [6.07, 6.45) is -9.72. The van der Waals surface area contributed by atoms with Gasteiger partial charge in [-0.15, -0.1) is 0 Å². The SMILES string of the molecule is O=C(COC[C@H]1O[C@@H](O)[C@H](O)[C@](O)(CC(=O)c2cc(O)c(O)c(O)c2)[C@@]1(O)CC(=O)c1cc(O)c(O)c(O)c1)c1cc(O)c(O)c(O)c1. The van der Waals surface area contributed by atoms with Crippen molar-refractivity contribution in [3.8, 4) is 51.7 Å². The molecule has 4 rings (SSSR count). The van der Waals surface area contributed by atoms with Gasteiger partial charge in [0.1, 0.15) is 30.0 Å². The highest BCUT2D eigenvalue weighted by Crippen LogP contribution is 2.45. The molecular formula is C30H30O18. The molecular weight excluding hydrogens is 648 g/mol. The molecule has 0 amide bonds. The van der Waals surface area contributed by atoms with Crippen LogP contribution in [0.2, 0.25) is 0 Å².